The van der Waals surface area contributed by atoms with E-state index in [4.69, 9.17) is 14.2 Å². The van der Waals surface area contributed by atoms with Crippen molar-refractivity contribution in [3.63, 3.8) is 0 Å². The number of ether oxygens (including phenoxy) is 3. The van der Waals surface area contributed by atoms with Gasteiger partial charge in [0.1, 0.15) is 0 Å². The van der Waals surface area contributed by atoms with Crippen molar-refractivity contribution in [2.24, 2.45) is 0 Å². The van der Waals surface area contributed by atoms with Crippen LogP contribution in [0.1, 0.15) is 64.9 Å². The zero-order chi connectivity index (χ0) is 15.9. The van der Waals surface area contributed by atoms with Crippen molar-refractivity contribution in [3.05, 3.63) is 23.8 Å². The van der Waals surface area contributed by atoms with Gasteiger partial charge in [-0.2, -0.15) is 0 Å². The van der Waals surface area contributed by atoms with Gasteiger partial charge in [0.05, 0.1) is 25.4 Å². The van der Waals surface area contributed by atoms with E-state index in [-0.39, 0.29) is 0 Å². The average molecular weight is 306 g/mol. The summed E-state index contributed by atoms with van der Waals surface area (Å²) in [5, 5.41) is 0. The van der Waals surface area contributed by atoms with Gasteiger partial charge >= 0.3 is 0 Å². The van der Waals surface area contributed by atoms with Crippen LogP contribution < -0.4 is 9.47 Å². The third-order valence-corrected chi connectivity index (χ3v) is 4.21. The Bertz CT molecular complexity index is 458. The van der Waals surface area contributed by atoms with E-state index in [1.807, 2.05) is 0 Å². The predicted octanol–water partition coefficient (Wildman–Crippen LogP) is 4.94. The Morgan fingerprint density at radius 1 is 1.05 bits per heavy atom. The second-order valence-electron chi connectivity index (χ2n) is 6.12. The van der Waals surface area contributed by atoms with Crippen LogP contribution in [0.3, 0.4) is 0 Å². The highest BCUT2D eigenvalue weighted by Crippen LogP contribution is 2.38. The number of benzene rings is 1. The van der Waals surface area contributed by atoms with E-state index in [0.29, 0.717) is 18.1 Å². The molecule has 0 radical (unpaired) electrons. The SMILES string of the molecule is CCCOc1ccc(C(CC)CC2OC2C)cc1OCCC. The molecule has 3 unspecified atom stereocenters. The Kier molecular flexibility index (Phi) is 6.56. The van der Waals surface area contributed by atoms with Crippen molar-refractivity contribution in [3.8, 4) is 11.5 Å². The molecule has 2 rings (SSSR count). The van der Waals surface area contributed by atoms with Crippen LogP contribution in [0, 0.1) is 0 Å². The van der Waals surface area contributed by atoms with Crippen LogP contribution in [0.5, 0.6) is 11.5 Å². The Balaban J connectivity index is 2.12. The van der Waals surface area contributed by atoms with Crippen LogP contribution in [0.25, 0.3) is 0 Å². The van der Waals surface area contributed by atoms with E-state index in [1.54, 1.807) is 0 Å². The minimum absolute atomic E-state index is 0.428. The molecule has 1 heterocycles. The maximum absolute atomic E-state index is 5.90. The molecular weight excluding hydrogens is 276 g/mol. The van der Waals surface area contributed by atoms with Crippen molar-refractivity contribution >= 4 is 0 Å². The van der Waals surface area contributed by atoms with Gasteiger partial charge in [0.25, 0.3) is 0 Å². The molecule has 3 heteroatoms. The Morgan fingerprint density at radius 3 is 2.23 bits per heavy atom. The molecule has 0 N–H and O–H groups in total. The first-order chi connectivity index (χ1) is 10.7. The molecule has 1 aliphatic rings. The molecule has 0 amide bonds. The van der Waals surface area contributed by atoms with Gasteiger partial charge in [-0.15, -0.1) is 0 Å². The summed E-state index contributed by atoms with van der Waals surface area (Å²) in [6.07, 6.45) is 5.08. The molecule has 124 valence electrons. The van der Waals surface area contributed by atoms with Crippen LogP contribution >= 0.6 is 0 Å². The first-order valence-electron chi connectivity index (χ1n) is 8.74. The topological polar surface area (TPSA) is 31.0 Å². The Morgan fingerprint density at radius 2 is 1.68 bits per heavy atom. The second-order valence-corrected chi connectivity index (χ2v) is 6.12. The molecule has 0 aromatic heterocycles. The summed E-state index contributed by atoms with van der Waals surface area (Å²) >= 11 is 0. The first kappa shape index (κ1) is 17.1. The lowest BCUT2D eigenvalue weighted by atomic mass is 9.91. The van der Waals surface area contributed by atoms with E-state index in [0.717, 1.165) is 50.4 Å². The molecule has 0 bridgehead atoms. The number of epoxide rings is 1. The lowest BCUT2D eigenvalue weighted by Crippen LogP contribution is -2.06. The van der Waals surface area contributed by atoms with Gasteiger partial charge in [-0.1, -0.05) is 26.8 Å². The maximum Gasteiger partial charge on any atom is 0.161 e. The smallest absolute Gasteiger partial charge is 0.161 e. The van der Waals surface area contributed by atoms with E-state index in [9.17, 15) is 0 Å². The van der Waals surface area contributed by atoms with Crippen molar-refractivity contribution < 1.29 is 14.2 Å². The second kappa shape index (κ2) is 8.42. The largest absolute Gasteiger partial charge is 0.490 e. The summed E-state index contributed by atoms with van der Waals surface area (Å²) in [6, 6.07) is 6.42. The highest BCUT2D eigenvalue weighted by molar-refractivity contribution is 5.44. The normalized spacial score (nSPS) is 21.5. The number of hydrogen-bond acceptors (Lipinski definition) is 3. The fourth-order valence-corrected chi connectivity index (χ4v) is 2.73. The van der Waals surface area contributed by atoms with E-state index in [2.05, 4.69) is 45.9 Å². The summed E-state index contributed by atoms with van der Waals surface area (Å²) in [7, 11) is 0. The molecule has 1 aliphatic heterocycles. The molecule has 0 aliphatic carbocycles. The summed E-state index contributed by atoms with van der Waals surface area (Å²) in [5.41, 5.74) is 1.33. The van der Waals surface area contributed by atoms with Crippen LogP contribution in [0.4, 0.5) is 0 Å². The van der Waals surface area contributed by atoms with Gasteiger partial charge in [-0.3, -0.25) is 0 Å². The average Bonchev–Trinajstić information content (AvgIpc) is 3.24. The standard InChI is InChI=1S/C19H30O3/c1-5-10-20-17-9-8-16(13-19(17)21-11-6-2)15(7-3)12-18-14(4)22-18/h8-9,13-15,18H,5-7,10-12H2,1-4H3. The van der Waals surface area contributed by atoms with Crippen molar-refractivity contribution in [2.45, 2.75) is 71.5 Å². The van der Waals surface area contributed by atoms with Gasteiger partial charge in [-0.05, 0) is 56.2 Å². The molecule has 22 heavy (non-hydrogen) atoms. The van der Waals surface area contributed by atoms with Gasteiger partial charge in [0, 0.05) is 0 Å². The minimum Gasteiger partial charge on any atom is -0.490 e. The quantitative estimate of drug-likeness (QED) is 0.574. The minimum atomic E-state index is 0.428. The summed E-state index contributed by atoms with van der Waals surface area (Å²) < 4.78 is 17.3. The van der Waals surface area contributed by atoms with Crippen LogP contribution in [-0.4, -0.2) is 25.4 Å². The van der Waals surface area contributed by atoms with Crippen molar-refractivity contribution in [1.29, 1.82) is 0 Å². The molecule has 1 aromatic carbocycles. The molecule has 3 nitrogen and oxygen atoms in total. The highest BCUT2D eigenvalue weighted by atomic mass is 16.6. The third-order valence-electron chi connectivity index (χ3n) is 4.21. The molecule has 1 aromatic rings. The zero-order valence-electron chi connectivity index (χ0n) is 14.4. The summed E-state index contributed by atoms with van der Waals surface area (Å²) in [4.78, 5) is 0. The summed E-state index contributed by atoms with van der Waals surface area (Å²) in [5.74, 6) is 2.28. The molecule has 0 saturated carbocycles. The zero-order valence-corrected chi connectivity index (χ0v) is 14.4. The van der Waals surface area contributed by atoms with Crippen molar-refractivity contribution in [2.75, 3.05) is 13.2 Å². The molecular formula is C19H30O3. The lowest BCUT2D eigenvalue weighted by Gasteiger charge is -2.18. The summed E-state index contributed by atoms with van der Waals surface area (Å²) in [6.45, 7) is 10.1. The van der Waals surface area contributed by atoms with E-state index in [1.165, 1.54) is 5.56 Å². The Hall–Kier alpha value is -1.22. The molecule has 0 spiro atoms. The van der Waals surface area contributed by atoms with Crippen LogP contribution in [-0.2, 0) is 4.74 Å². The van der Waals surface area contributed by atoms with Gasteiger partial charge < -0.3 is 14.2 Å². The van der Waals surface area contributed by atoms with E-state index < -0.39 is 0 Å². The fourth-order valence-electron chi connectivity index (χ4n) is 2.73. The maximum atomic E-state index is 5.90. The molecule has 3 atom stereocenters. The molecule has 1 fully saturated rings. The van der Waals surface area contributed by atoms with Crippen molar-refractivity contribution in [1.82, 2.24) is 0 Å². The number of hydrogen-bond donors (Lipinski definition) is 0. The fraction of sp³-hybridized carbons (Fsp3) is 0.684. The number of rotatable bonds is 10. The lowest BCUT2D eigenvalue weighted by molar-refractivity contribution is 0.268. The van der Waals surface area contributed by atoms with Gasteiger partial charge in [-0.25, -0.2) is 0 Å². The third kappa shape index (κ3) is 4.64. The van der Waals surface area contributed by atoms with Crippen LogP contribution in [0.15, 0.2) is 18.2 Å². The van der Waals surface area contributed by atoms with Gasteiger partial charge in [0.15, 0.2) is 11.5 Å². The highest BCUT2D eigenvalue weighted by Gasteiger charge is 2.36. The van der Waals surface area contributed by atoms with E-state index >= 15 is 0 Å². The predicted molar refractivity (Wildman–Crippen MR) is 90.0 cm³/mol. The van der Waals surface area contributed by atoms with Gasteiger partial charge in [0.2, 0.25) is 0 Å². The monoisotopic (exact) mass is 306 g/mol. The van der Waals surface area contributed by atoms with Crippen LogP contribution in [0.2, 0.25) is 0 Å². The molecule has 1 saturated heterocycles. The Labute approximate surface area is 135 Å². The first-order valence-corrected chi connectivity index (χ1v) is 8.74.